The number of nitrogens with zero attached hydrogens (tertiary/aromatic N) is 3. The van der Waals surface area contributed by atoms with Gasteiger partial charge in [0.15, 0.2) is 0 Å². The molecule has 0 saturated heterocycles. The normalized spacial score (nSPS) is 10.5. The number of hydrogen-bond acceptors (Lipinski definition) is 4. The standard InChI is InChI=1S/C26H21FN4O2/c1-18-22(16-29-31(18)25-9-5-3-7-23(25)27)26(32)30-24-8-4-2-6-20(24)17-33-21-12-10-19(11-13-21)14-15-28/h2-13,16H,14,17H2,1H3,(H,30,32). The van der Waals surface area contributed by atoms with Gasteiger partial charge >= 0.3 is 0 Å². The van der Waals surface area contributed by atoms with Gasteiger partial charge in [-0.05, 0) is 42.8 Å². The van der Waals surface area contributed by atoms with Crippen molar-refractivity contribution < 1.29 is 13.9 Å². The van der Waals surface area contributed by atoms with Crippen LogP contribution in [-0.2, 0) is 13.0 Å². The Morgan fingerprint density at radius 3 is 2.58 bits per heavy atom. The van der Waals surface area contributed by atoms with Gasteiger partial charge in [-0.2, -0.15) is 10.4 Å². The monoisotopic (exact) mass is 440 g/mol. The van der Waals surface area contributed by atoms with Crippen molar-refractivity contribution in [2.75, 3.05) is 5.32 Å². The Hall–Kier alpha value is -4.44. The Morgan fingerprint density at radius 2 is 1.82 bits per heavy atom. The summed E-state index contributed by atoms with van der Waals surface area (Å²) in [6.45, 7) is 1.97. The largest absolute Gasteiger partial charge is 0.489 e. The van der Waals surface area contributed by atoms with Crippen molar-refractivity contribution in [2.45, 2.75) is 20.0 Å². The average molecular weight is 440 g/mol. The smallest absolute Gasteiger partial charge is 0.259 e. The predicted molar refractivity (Wildman–Crippen MR) is 123 cm³/mol. The first kappa shape index (κ1) is 21.8. The van der Waals surface area contributed by atoms with Crippen LogP contribution in [0.3, 0.4) is 0 Å². The van der Waals surface area contributed by atoms with Crippen LogP contribution in [0.2, 0.25) is 0 Å². The fourth-order valence-electron chi connectivity index (χ4n) is 3.41. The van der Waals surface area contributed by atoms with Crippen molar-refractivity contribution in [2.24, 2.45) is 0 Å². The number of amides is 1. The Kier molecular flexibility index (Phi) is 6.46. The van der Waals surface area contributed by atoms with Crippen molar-refractivity contribution in [1.29, 1.82) is 5.26 Å². The second-order valence-electron chi connectivity index (χ2n) is 7.39. The van der Waals surface area contributed by atoms with Gasteiger partial charge in [-0.15, -0.1) is 0 Å². The highest BCUT2D eigenvalue weighted by molar-refractivity contribution is 6.05. The van der Waals surface area contributed by atoms with E-state index in [1.54, 1.807) is 31.2 Å². The molecule has 0 bridgehead atoms. The molecule has 0 aliphatic rings. The fraction of sp³-hybridized carbons (Fsp3) is 0.115. The molecule has 4 aromatic rings. The summed E-state index contributed by atoms with van der Waals surface area (Å²) >= 11 is 0. The van der Waals surface area contributed by atoms with Gasteiger partial charge in [0.25, 0.3) is 5.91 Å². The SMILES string of the molecule is Cc1c(C(=O)Nc2ccccc2COc2ccc(CC#N)cc2)cnn1-c1ccccc1F. The summed E-state index contributed by atoms with van der Waals surface area (Å²) in [5.74, 6) is -0.0953. The number of ether oxygens (including phenoxy) is 1. The quantitative estimate of drug-likeness (QED) is 0.427. The summed E-state index contributed by atoms with van der Waals surface area (Å²) in [6, 6.07) is 23.1. The van der Waals surface area contributed by atoms with Crippen LogP contribution in [0.1, 0.15) is 27.2 Å². The zero-order valence-corrected chi connectivity index (χ0v) is 18.0. The number of carbonyl (C=O) groups is 1. The molecule has 0 unspecified atom stereocenters. The molecule has 0 aliphatic heterocycles. The number of para-hydroxylation sites is 2. The molecule has 0 spiro atoms. The van der Waals surface area contributed by atoms with Gasteiger partial charge in [-0.1, -0.05) is 42.5 Å². The van der Waals surface area contributed by atoms with E-state index in [0.29, 0.717) is 29.1 Å². The predicted octanol–water partition coefficient (Wildman–Crippen LogP) is 5.22. The number of anilines is 1. The molecule has 0 saturated carbocycles. The third-order valence-corrected chi connectivity index (χ3v) is 5.20. The van der Waals surface area contributed by atoms with Crippen molar-refractivity contribution >= 4 is 11.6 Å². The zero-order valence-electron chi connectivity index (χ0n) is 18.0. The molecular weight excluding hydrogens is 419 g/mol. The molecule has 164 valence electrons. The summed E-state index contributed by atoms with van der Waals surface area (Å²) in [7, 11) is 0. The highest BCUT2D eigenvalue weighted by atomic mass is 19.1. The lowest BCUT2D eigenvalue weighted by Gasteiger charge is -2.13. The lowest BCUT2D eigenvalue weighted by molar-refractivity contribution is 0.102. The summed E-state index contributed by atoms with van der Waals surface area (Å²) in [6.07, 6.45) is 1.78. The molecule has 3 aromatic carbocycles. The number of nitriles is 1. The summed E-state index contributed by atoms with van der Waals surface area (Å²) in [5, 5.41) is 15.9. The van der Waals surface area contributed by atoms with Gasteiger partial charge in [-0.3, -0.25) is 4.79 Å². The van der Waals surface area contributed by atoms with Crippen molar-refractivity contribution in [3.05, 3.63) is 107 Å². The van der Waals surface area contributed by atoms with E-state index in [1.165, 1.54) is 16.9 Å². The highest BCUT2D eigenvalue weighted by Gasteiger charge is 2.18. The molecule has 4 rings (SSSR count). The van der Waals surface area contributed by atoms with E-state index in [-0.39, 0.29) is 18.2 Å². The zero-order chi connectivity index (χ0) is 23.2. The first-order valence-electron chi connectivity index (χ1n) is 10.3. The summed E-state index contributed by atoms with van der Waals surface area (Å²) < 4.78 is 21.4. The maximum absolute atomic E-state index is 14.2. The van der Waals surface area contributed by atoms with Crippen LogP contribution in [-0.4, -0.2) is 15.7 Å². The molecule has 1 amide bonds. The van der Waals surface area contributed by atoms with E-state index in [9.17, 15) is 9.18 Å². The number of benzene rings is 3. The van der Waals surface area contributed by atoms with Crippen molar-refractivity contribution in [3.8, 4) is 17.5 Å². The molecule has 0 aliphatic carbocycles. The molecule has 33 heavy (non-hydrogen) atoms. The molecule has 7 heteroatoms. The van der Waals surface area contributed by atoms with Gasteiger partial charge in [0.05, 0.1) is 29.9 Å². The van der Waals surface area contributed by atoms with Crippen LogP contribution in [0, 0.1) is 24.1 Å². The topological polar surface area (TPSA) is 79.9 Å². The molecule has 0 atom stereocenters. The third-order valence-electron chi connectivity index (χ3n) is 5.20. The van der Waals surface area contributed by atoms with Gasteiger partial charge in [0, 0.05) is 11.3 Å². The molecule has 0 fully saturated rings. The highest BCUT2D eigenvalue weighted by Crippen LogP contribution is 2.22. The molecular formula is C26H21FN4O2. The maximum atomic E-state index is 14.2. The minimum Gasteiger partial charge on any atom is -0.489 e. The Bertz CT molecular complexity index is 1320. The van der Waals surface area contributed by atoms with E-state index in [2.05, 4.69) is 16.5 Å². The van der Waals surface area contributed by atoms with Crippen LogP contribution >= 0.6 is 0 Å². The Balaban J connectivity index is 1.48. The molecule has 1 heterocycles. The molecule has 0 radical (unpaired) electrons. The fourth-order valence-corrected chi connectivity index (χ4v) is 3.41. The van der Waals surface area contributed by atoms with E-state index < -0.39 is 5.82 Å². The first-order valence-corrected chi connectivity index (χ1v) is 10.3. The van der Waals surface area contributed by atoms with Crippen LogP contribution in [0.5, 0.6) is 5.75 Å². The number of aromatic nitrogens is 2. The molecule has 6 nitrogen and oxygen atoms in total. The number of carbonyl (C=O) groups excluding carboxylic acids is 1. The molecule has 1 aromatic heterocycles. The molecule has 1 N–H and O–H groups in total. The van der Waals surface area contributed by atoms with Gasteiger partial charge in [0.1, 0.15) is 23.9 Å². The van der Waals surface area contributed by atoms with Gasteiger partial charge in [-0.25, -0.2) is 9.07 Å². The minimum atomic E-state index is -0.418. The van der Waals surface area contributed by atoms with Crippen LogP contribution in [0.15, 0.2) is 79.0 Å². The average Bonchev–Trinajstić information content (AvgIpc) is 3.21. The number of hydrogen-bond donors (Lipinski definition) is 1. The Labute approximate surface area is 190 Å². The number of nitrogens with one attached hydrogen (secondary N) is 1. The third kappa shape index (κ3) is 4.91. The lowest BCUT2D eigenvalue weighted by atomic mass is 10.1. The Morgan fingerprint density at radius 1 is 1.09 bits per heavy atom. The van der Waals surface area contributed by atoms with E-state index in [1.807, 2.05) is 42.5 Å². The minimum absolute atomic E-state index is 0.252. The van der Waals surface area contributed by atoms with Gasteiger partial charge in [0.2, 0.25) is 0 Å². The second kappa shape index (κ2) is 9.79. The second-order valence-corrected chi connectivity index (χ2v) is 7.39. The van der Waals surface area contributed by atoms with E-state index in [4.69, 9.17) is 10.00 Å². The van der Waals surface area contributed by atoms with Crippen LogP contribution in [0.4, 0.5) is 10.1 Å². The maximum Gasteiger partial charge on any atom is 0.259 e. The first-order chi connectivity index (χ1) is 16.1. The lowest BCUT2D eigenvalue weighted by Crippen LogP contribution is -2.15. The van der Waals surface area contributed by atoms with E-state index in [0.717, 1.165) is 11.1 Å². The number of halogens is 1. The number of rotatable bonds is 7. The van der Waals surface area contributed by atoms with Crippen molar-refractivity contribution in [3.63, 3.8) is 0 Å². The summed E-state index contributed by atoms with van der Waals surface area (Å²) in [5.41, 5.74) is 3.49. The van der Waals surface area contributed by atoms with Gasteiger partial charge < -0.3 is 10.1 Å². The van der Waals surface area contributed by atoms with Crippen LogP contribution in [0.25, 0.3) is 5.69 Å². The van der Waals surface area contributed by atoms with E-state index >= 15 is 0 Å². The van der Waals surface area contributed by atoms with Crippen molar-refractivity contribution in [1.82, 2.24) is 9.78 Å². The van der Waals surface area contributed by atoms with Crippen LogP contribution < -0.4 is 10.1 Å². The summed E-state index contributed by atoms with van der Waals surface area (Å²) in [4.78, 5) is 13.0.